The molecule has 2 rings (SSSR count). The Morgan fingerprint density at radius 3 is 2.28 bits per heavy atom. The third-order valence-electron chi connectivity index (χ3n) is 2.59. The third-order valence-corrected chi connectivity index (χ3v) is 2.91. The number of hydrogen-bond donors (Lipinski definition) is 1. The molecule has 0 aliphatic carbocycles. The van der Waals surface area contributed by atoms with Crippen molar-refractivity contribution in [3.8, 4) is 16.9 Å². The van der Waals surface area contributed by atoms with E-state index in [-0.39, 0.29) is 11.7 Å². The monoisotopic (exact) mass is 262 g/mol. The van der Waals surface area contributed by atoms with E-state index in [9.17, 15) is 9.90 Å². The van der Waals surface area contributed by atoms with E-state index in [0.29, 0.717) is 10.6 Å². The Morgan fingerprint density at radius 2 is 1.72 bits per heavy atom. The number of ether oxygens (including phenoxy) is 1. The Balaban J connectivity index is 2.34. The highest BCUT2D eigenvalue weighted by atomic mass is 35.5. The second-order valence-corrected chi connectivity index (χ2v) is 4.14. The molecular weight excluding hydrogens is 252 g/mol. The highest BCUT2D eigenvalue weighted by molar-refractivity contribution is 6.32. The minimum Gasteiger partial charge on any atom is -0.506 e. The molecule has 0 aliphatic rings. The Kier molecular flexibility index (Phi) is 3.53. The topological polar surface area (TPSA) is 46.5 Å². The highest BCUT2D eigenvalue weighted by Crippen LogP contribution is 2.29. The molecule has 0 saturated heterocycles. The van der Waals surface area contributed by atoms with Crippen molar-refractivity contribution in [2.45, 2.75) is 0 Å². The van der Waals surface area contributed by atoms with Crippen LogP contribution in [0.3, 0.4) is 0 Å². The predicted octanol–water partition coefficient (Wildman–Crippen LogP) is 3.50. The Labute approximate surface area is 110 Å². The van der Waals surface area contributed by atoms with Gasteiger partial charge in [-0.15, -0.1) is 0 Å². The first kappa shape index (κ1) is 12.5. The molecule has 0 aromatic heterocycles. The average Bonchev–Trinajstić information content (AvgIpc) is 2.41. The van der Waals surface area contributed by atoms with Crippen molar-refractivity contribution < 1.29 is 14.6 Å². The van der Waals surface area contributed by atoms with Crippen LogP contribution in [-0.2, 0) is 4.74 Å². The predicted molar refractivity (Wildman–Crippen MR) is 69.9 cm³/mol. The first-order valence-electron chi connectivity index (χ1n) is 5.29. The van der Waals surface area contributed by atoms with Gasteiger partial charge in [0.15, 0.2) is 0 Å². The fourth-order valence-electron chi connectivity index (χ4n) is 1.61. The molecule has 0 saturated carbocycles. The molecule has 0 aliphatic heterocycles. The lowest BCUT2D eigenvalue weighted by atomic mass is 10.0. The molecule has 3 nitrogen and oxygen atoms in total. The van der Waals surface area contributed by atoms with Gasteiger partial charge in [0, 0.05) is 0 Å². The van der Waals surface area contributed by atoms with Gasteiger partial charge in [-0.1, -0.05) is 29.8 Å². The molecular formula is C14H11ClO3. The van der Waals surface area contributed by atoms with Crippen LogP contribution in [0.15, 0.2) is 42.5 Å². The molecule has 0 heterocycles. The van der Waals surface area contributed by atoms with E-state index in [1.54, 1.807) is 42.5 Å². The summed E-state index contributed by atoms with van der Waals surface area (Å²) in [5, 5.41) is 9.85. The van der Waals surface area contributed by atoms with E-state index in [0.717, 1.165) is 11.1 Å². The van der Waals surface area contributed by atoms with Gasteiger partial charge in [-0.2, -0.15) is 0 Å². The van der Waals surface area contributed by atoms with Crippen LogP contribution >= 0.6 is 11.6 Å². The number of rotatable bonds is 2. The Hall–Kier alpha value is -2.00. The summed E-state index contributed by atoms with van der Waals surface area (Å²) in [4.78, 5) is 11.3. The number of methoxy groups -OCH3 is 1. The zero-order chi connectivity index (χ0) is 13.1. The summed E-state index contributed by atoms with van der Waals surface area (Å²) >= 11 is 5.74. The molecule has 1 N–H and O–H groups in total. The summed E-state index contributed by atoms with van der Waals surface area (Å²) in [5.74, 6) is -0.341. The van der Waals surface area contributed by atoms with Crippen molar-refractivity contribution in [2.75, 3.05) is 7.11 Å². The Bertz CT molecular complexity index is 576. The van der Waals surface area contributed by atoms with Crippen LogP contribution in [0.5, 0.6) is 5.75 Å². The second-order valence-electron chi connectivity index (χ2n) is 3.74. The lowest BCUT2D eigenvalue weighted by Gasteiger charge is -2.05. The summed E-state index contributed by atoms with van der Waals surface area (Å²) in [6.45, 7) is 0. The molecule has 2 aromatic carbocycles. The van der Waals surface area contributed by atoms with E-state index in [1.807, 2.05) is 0 Å². The quantitative estimate of drug-likeness (QED) is 0.843. The van der Waals surface area contributed by atoms with Crippen LogP contribution < -0.4 is 0 Å². The maximum Gasteiger partial charge on any atom is 0.337 e. The van der Waals surface area contributed by atoms with Gasteiger partial charge >= 0.3 is 5.97 Å². The molecule has 0 atom stereocenters. The lowest BCUT2D eigenvalue weighted by Crippen LogP contribution is -2.00. The number of carbonyl (C=O) groups is 1. The summed E-state index contributed by atoms with van der Waals surface area (Å²) in [5.41, 5.74) is 2.20. The van der Waals surface area contributed by atoms with Crippen LogP contribution in [0.25, 0.3) is 11.1 Å². The lowest BCUT2D eigenvalue weighted by molar-refractivity contribution is 0.0601. The van der Waals surface area contributed by atoms with Gasteiger partial charge in [-0.05, 0) is 35.4 Å². The zero-order valence-electron chi connectivity index (χ0n) is 9.68. The molecule has 0 bridgehead atoms. The standard InChI is InChI=1S/C14H11ClO3/c1-18-14(17)10-4-2-9(3-5-10)11-6-7-12(15)13(16)8-11/h2-8,16H,1H3. The van der Waals surface area contributed by atoms with E-state index < -0.39 is 0 Å². The second kappa shape index (κ2) is 5.10. The maximum atomic E-state index is 11.3. The molecule has 2 aromatic rings. The number of halogens is 1. The molecule has 92 valence electrons. The minimum atomic E-state index is -0.375. The molecule has 18 heavy (non-hydrogen) atoms. The largest absolute Gasteiger partial charge is 0.506 e. The van der Waals surface area contributed by atoms with Crippen LogP contribution in [0, 0.1) is 0 Å². The normalized spacial score (nSPS) is 10.1. The third kappa shape index (κ3) is 2.46. The summed E-state index contributed by atoms with van der Waals surface area (Å²) in [7, 11) is 1.34. The van der Waals surface area contributed by atoms with Gasteiger partial charge < -0.3 is 9.84 Å². The SMILES string of the molecule is COC(=O)c1ccc(-c2ccc(Cl)c(O)c2)cc1. The minimum absolute atomic E-state index is 0.0335. The molecule has 0 fully saturated rings. The van der Waals surface area contributed by atoms with E-state index in [4.69, 9.17) is 11.6 Å². The van der Waals surface area contributed by atoms with E-state index in [1.165, 1.54) is 7.11 Å². The van der Waals surface area contributed by atoms with Crippen LogP contribution in [0.1, 0.15) is 10.4 Å². The van der Waals surface area contributed by atoms with Crippen molar-refractivity contribution in [2.24, 2.45) is 0 Å². The molecule has 0 radical (unpaired) electrons. The van der Waals surface area contributed by atoms with Crippen molar-refractivity contribution >= 4 is 17.6 Å². The van der Waals surface area contributed by atoms with Crippen molar-refractivity contribution in [1.82, 2.24) is 0 Å². The van der Waals surface area contributed by atoms with Crippen LogP contribution in [-0.4, -0.2) is 18.2 Å². The summed E-state index contributed by atoms with van der Waals surface area (Å²) in [6, 6.07) is 11.9. The van der Waals surface area contributed by atoms with Crippen molar-refractivity contribution in [3.63, 3.8) is 0 Å². The average molecular weight is 263 g/mol. The number of carbonyl (C=O) groups excluding carboxylic acids is 1. The number of hydrogen-bond acceptors (Lipinski definition) is 3. The fraction of sp³-hybridized carbons (Fsp3) is 0.0714. The number of phenols is 1. The summed E-state index contributed by atoms with van der Waals surface area (Å²) in [6.07, 6.45) is 0. The number of aromatic hydroxyl groups is 1. The van der Waals surface area contributed by atoms with Crippen molar-refractivity contribution in [1.29, 1.82) is 0 Å². The van der Waals surface area contributed by atoms with Gasteiger partial charge in [-0.25, -0.2) is 4.79 Å². The Morgan fingerprint density at radius 1 is 1.11 bits per heavy atom. The molecule has 0 unspecified atom stereocenters. The smallest absolute Gasteiger partial charge is 0.337 e. The van der Waals surface area contributed by atoms with Gasteiger partial charge in [0.05, 0.1) is 17.7 Å². The molecule has 4 heteroatoms. The first-order chi connectivity index (χ1) is 8.61. The highest BCUT2D eigenvalue weighted by Gasteiger charge is 2.06. The maximum absolute atomic E-state index is 11.3. The van der Waals surface area contributed by atoms with E-state index >= 15 is 0 Å². The van der Waals surface area contributed by atoms with Gasteiger partial charge in [0.2, 0.25) is 0 Å². The molecule has 0 amide bonds. The first-order valence-corrected chi connectivity index (χ1v) is 5.67. The van der Waals surface area contributed by atoms with Crippen LogP contribution in [0.4, 0.5) is 0 Å². The van der Waals surface area contributed by atoms with Crippen molar-refractivity contribution in [3.05, 3.63) is 53.1 Å². The van der Waals surface area contributed by atoms with Gasteiger partial charge in [0.1, 0.15) is 5.75 Å². The number of phenolic OH excluding ortho intramolecular Hbond substituents is 1. The summed E-state index contributed by atoms with van der Waals surface area (Å²) < 4.78 is 4.62. The van der Waals surface area contributed by atoms with Gasteiger partial charge in [0.25, 0.3) is 0 Å². The fourth-order valence-corrected chi connectivity index (χ4v) is 1.73. The van der Waals surface area contributed by atoms with Gasteiger partial charge in [-0.3, -0.25) is 0 Å². The number of benzene rings is 2. The van der Waals surface area contributed by atoms with E-state index in [2.05, 4.69) is 4.74 Å². The zero-order valence-corrected chi connectivity index (χ0v) is 10.4. The molecule has 0 spiro atoms. The number of esters is 1. The van der Waals surface area contributed by atoms with Crippen LogP contribution in [0.2, 0.25) is 5.02 Å².